The van der Waals surface area contributed by atoms with Crippen molar-refractivity contribution in [2.45, 2.75) is 0 Å². The van der Waals surface area contributed by atoms with Crippen molar-refractivity contribution >= 4 is 69.0 Å². The SMILES string of the molecule is O=C(N/N=C\[C@@H]1C(=O)NC(=O)N(c2ccc(I)cc2)C1=O)c1cccc2ccccc12. The molecule has 0 unspecified atom stereocenters. The Hall–Kier alpha value is -3.60. The fraction of sp³-hybridized carbons (Fsp3) is 0.0455. The number of nitrogens with one attached hydrogen (secondary N) is 2. The summed E-state index contributed by atoms with van der Waals surface area (Å²) in [7, 11) is 0. The maximum absolute atomic E-state index is 12.8. The summed E-state index contributed by atoms with van der Waals surface area (Å²) in [4.78, 5) is 50.6. The van der Waals surface area contributed by atoms with Gasteiger partial charge in [0, 0.05) is 15.3 Å². The first-order valence-corrected chi connectivity index (χ1v) is 10.3. The van der Waals surface area contributed by atoms with Crippen molar-refractivity contribution in [3.8, 4) is 0 Å². The number of carbonyl (C=O) groups excluding carboxylic acids is 4. The molecule has 2 N–H and O–H groups in total. The molecule has 1 heterocycles. The number of barbiturate groups is 1. The molecule has 3 aromatic rings. The number of hydrazone groups is 1. The molecule has 1 fully saturated rings. The molecule has 1 aliphatic rings. The first-order valence-electron chi connectivity index (χ1n) is 9.21. The number of urea groups is 1. The van der Waals surface area contributed by atoms with Gasteiger partial charge in [-0.05, 0) is 63.7 Å². The average molecular weight is 526 g/mol. The molecule has 4 rings (SSSR count). The monoisotopic (exact) mass is 526 g/mol. The van der Waals surface area contributed by atoms with Crippen molar-refractivity contribution < 1.29 is 19.2 Å². The van der Waals surface area contributed by atoms with Gasteiger partial charge in [0.25, 0.3) is 11.8 Å². The summed E-state index contributed by atoms with van der Waals surface area (Å²) >= 11 is 2.10. The second kappa shape index (κ2) is 8.64. The van der Waals surface area contributed by atoms with Crippen molar-refractivity contribution in [1.82, 2.24) is 10.7 Å². The van der Waals surface area contributed by atoms with Crippen molar-refractivity contribution in [2.24, 2.45) is 11.0 Å². The van der Waals surface area contributed by atoms with Crippen molar-refractivity contribution in [2.75, 3.05) is 4.90 Å². The van der Waals surface area contributed by atoms with E-state index in [2.05, 4.69) is 38.4 Å². The Kier molecular flexibility index (Phi) is 5.76. The molecular weight excluding hydrogens is 511 g/mol. The number of amides is 5. The van der Waals surface area contributed by atoms with Crippen LogP contribution >= 0.6 is 22.6 Å². The van der Waals surface area contributed by atoms with Crippen molar-refractivity contribution in [3.05, 3.63) is 75.9 Å². The fourth-order valence-electron chi connectivity index (χ4n) is 3.21. The molecule has 1 aliphatic heterocycles. The van der Waals surface area contributed by atoms with Crippen LogP contribution in [0.3, 0.4) is 0 Å². The number of rotatable bonds is 4. The third kappa shape index (κ3) is 4.17. The normalized spacial score (nSPS) is 16.6. The molecule has 9 heteroatoms. The highest BCUT2D eigenvalue weighted by molar-refractivity contribution is 14.1. The number of halogens is 1. The Bertz CT molecular complexity index is 1230. The number of carbonyl (C=O) groups is 4. The number of imide groups is 2. The van der Waals surface area contributed by atoms with Crippen LogP contribution < -0.4 is 15.6 Å². The summed E-state index contributed by atoms with van der Waals surface area (Å²) in [5.74, 6) is -3.40. The Morgan fingerprint density at radius 2 is 1.71 bits per heavy atom. The zero-order valence-corrected chi connectivity index (χ0v) is 18.1. The molecule has 0 saturated carbocycles. The van der Waals surface area contributed by atoms with Crippen LogP contribution in [-0.2, 0) is 9.59 Å². The van der Waals surface area contributed by atoms with Crippen molar-refractivity contribution in [1.29, 1.82) is 0 Å². The second-order valence-electron chi connectivity index (χ2n) is 6.67. The average Bonchev–Trinajstić information content (AvgIpc) is 2.76. The number of anilines is 1. The summed E-state index contributed by atoms with van der Waals surface area (Å²) in [6, 6.07) is 18.5. The van der Waals surface area contributed by atoms with Gasteiger partial charge >= 0.3 is 6.03 Å². The molecule has 3 aromatic carbocycles. The van der Waals surface area contributed by atoms with Crippen LogP contribution in [0.1, 0.15) is 10.4 Å². The predicted octanol–water partition coefficient (Wildman–Crippen LogP) is 3.06. The maximum atomic E-state index is 12.8. The third-order valence-corrected chi connectivity index (χ3v) is 5.43. The van der Waals surface area contributed by atoms with Crippen molar-refractivity contribution in [3.63, 3.8) is 0 Å². The first-order chi connectivity index (χ1) is 15.0. The van der Waals surface area contributed by atoms with Gasteiger partial charge in [0.15, 0.2) is 5.92 Å². The van der Waals surface area contributed by atoms with E-state index < -0.39 is 29.7 Å². The summed E-state index contributed by atoms with van der Waals surface area (Å²) in [6.07, 6.45) is 1.02. The topological polar surface area (TPSA) is 108 Å². The van der Waals surface area contributed by atoms with Gasteiger partial charge < -0.3 is 0 Å². The van der Waals surface area contributed by atoms with Gasteiger partial charge in [0.2, 0.25) is 5.91 Å². The van der Waals surface area contributed by atoms with Crippen LogP contribution in [0.25, 0.3) is 10.8 Å². The third-order valence-electron chi connectivity index (χ3n) is 4.71. The van der Waals surface area contributed by atoms with Crippen LogP contribution in [0.4, 0.5) is 10.5 Å². The van der Waals surface area contributed by atoms with Crippen LogP contribution in [0, 0.1) is 9.49 Å². The molecule has 154 valence electrons. The minimum Gasteiger partial charge on any atom is -0.276 e. The number of hydrogen-bond donors (Lipinski definition) is 2. The molecule has 0 spiro atoms. The lowest BCUT2D eigenvalue weighted by molar-refractivity contribution is -0.131. The second-order valence-corrected chi connectivity index (χ2v) is 7.91. The largest absolute Gasteiger partial charge is 0.335 e. The number of fused-ring (bicyclic) bond motifs is 1. The Morgan fingerprint density at radius 1 is 1.00 bits per heavy atom. The molecule has 31 heavy (non-hydrogen) atoms. The number of benzene rings is 3. The van der Waals surface area contributed by atoms with Gasteiger partial charge in [-0.15, -0.1) is 0 Å². The lowest BCUT2D eigenvalue weighted by Crippen LogP contribution is -2.58. The Morgan fingerprint density at radius 3 is 2.48 bits per heavy atom. The van der Waals surface area contributed by atoms with E-state index >= 15 is 0 Å². The van der Waals surface area contributed by atoms with Gasteiger partial charge in [-0.25, -0.2) is 15.1 Å². The minimum absolute atomic E-state index is 0.327. The van der Waals surface area contributed by atoms with Crippen LogP contribution in [0.2, 0.25) is 0 Å². The smallest absolute Gasteiger partial charge is 0.276 e. The molecule has 0 aromatic heterocycles. The maximum Gasteiger partial charge on any atom is 0.335 e. The van der Waals surface area contributed by atoms with Gasteiger partial charge in [-0.1, -0.05) is 36.4 Å². The van der Waals surface area contributed by atoms with E-state index in [1.807, 2.05) is 30.3 Å². The highest BCUT2D eigenvalue weighted by atomic mass is 127. The van der Waals surface area contributed by atoms with Gasteiger partial charge in [-0.2, -0.15) is 5.10 Å². The van der Waals surface area contributed by atoms with Gasteiger partial charge in [0.05, 0.1) is 5.69 Å². The number of nitrogens with zero attached hydrogens (tertiary/aromatic N) is 2. The summed E-state index contributed by atoms with van der Waals surface area (Å²) in [5, 5.41) is 7.58. The first kappa shape index (κ1) is 20.7. The van der Waals surface area contributed by atoms with Crippen LogP contribution in [-0.4, -0.2) is 30.0 Å². The van der Waals surface area contributed by atoms with Crippen LogP contribution in [0.5, 0.6) is 0 Å². The fourth-order valence-corrected chi connectivity index (χ4v) is 3.57. The lowest BCUT2D eigenvalue weighted by Gasteiger charge is -2.28. The molecule has 5 amide bonds. The van der Waals surface area contributed by atoms with E-state index in [4.69, 9.17) is 0 Å². The summed E-state index contributed by atoms with van der Waals surface area (Å²) in [6.45, 7) is 0. The van der Waals surface area contributed by atoms with Crippen LogP contribution in [0.15, 0.2) is 71.8 Å². The summed E-state index contributed by atoms with van der Waals surface area (Å²) in [5.41, 5.74) is 3.08. The molecule has 8 nitrogen and oxygen atoms in total. The lowest BCUT2D eigenvalue weighted by atomic mass is 10.0. The highest BCUT2D eigenvalue weighted by Crippen LogP contribution is 2.21. The molecule has 0 aliphatic carbocycles. The Labute approximate surface area is 190 Å². The van der Waals surface area contributed by atoms with E-state index in [0.29, 0.717) is 11.3 Å². The molecule has 1 saturated heterocycles. The van der Waals surface area contributed by atoms with Gasteiger partial charge in [0.1, 0.15) is 0 Å². The molecule has 0 bridgehead atoms. The zero-order valence-electron chi connectivity index (χ0n) is 15.9. The van der Waals surface area contributed by atoms with Gasteiger partial charge in [-0.3, -0.25) is 19.7 Å². The quantitative estimate of drug-likeness (QED) is 0.236. The van der Waals surface area contributed by atoms with E-state index in [0.717, 1.165) is 25.5 Å². The molecule has 1 atom stereocenters. The Balaban J connectivity index is 1.53. The van der Waals surface area contributed by atoms with E-state index in [1.54, 1.807) is 36.4 Å². The summed E-state index contributed by atoms with van der Waals surface area (Å²) < 4.78 is 0.927. The van der Waals surface area contributed by atoms with E-state index in [9.17, 15) is 19.2 Å². The standard InChI is InChI=1S/C22H15IN4O4/c23-14-8-10-15(11-9-14)27-21(30)18(19(28)25-22(27)31)12-24-26-20(29)17-7-3-5-13-4-1-2-6-16(13)17/h1-12,18H,(H,26,29)(H,25,28,31)/b24-12-/t18-/m1/s1. The zero-order chi connectivity index (χ0) is 22.0. The molecular formula is C22H15IN4O4. The number of hydrogen-bond acceptors (Lipinski definition) is 5. The predicted molar refractivity (Wildman–Crippen MR) is 124 cm³/mol. The van der Waals surface area contributed by atoms with E-state index in [1.165, 1.54) is 0 Å². The highest BCUT2D eigenvalue weighted by Gasteiger charge is 2.40. The minimum atomic E-state index is -1.36. The molecule has 0 radical (unpaired) electrons. The van der Waals surface area contributed by atoms with E-state index in [-0.39, 0.29) is 0 Å².